The predicted molar refractivity (Wildman–Crippen MR) is 100 cm³/mol. The van der Waals surface area contributed by atoms with Crippen molar-refractivity contribution in [3.05, 3.63) is 0 Å². The fraction of sp³-hybridized carbons (Fsp3) is 0.895. The van der Waals surface area contributed by atoms with Crippen LogP contribution in [0.4, 0.5) is 0 Å². The third-order valence-corrected chi connectivity index (χ3v) is 5.97. The summed E-state index contributed by atoms with van der Waals surface area (Å²) in [7, 11) is 3.60. The predicted octanol–water partition coefficient (Wildman–Crippen LogP) is 2.63. The van der Waals surface area contributed by atoms with Crippen molar-refractivity contribution < 1.29 is 4.79 Å². The van der Waals surface area contributed by atoms with Crippen molar-refractivity contribution in [2.45, 2.75) is 58.3 Å². The molecule has 0 unspecified atom stereocenters. The number of nitrogens with zero attached hydrogens (tertiary/aromatic N) is 2. The standard InChI is InChI=1S/C19H36N4O/c1-4-15-5-7-17(8-6-15)14-22-19(21-3)23-11-9-16(10-12-23)13-18(24)20-2/h15-17H,4-14H2,1-3H3,(H,20,24)(H,21,22). The van der Waals surface area contributed by atoms with Crippen LogP contribution in [-0.4, -0.2) is 50.5 Å². The molecule has 2 N–H and O–H groups in total. The fourth-order valence-electron chi connectivity index (χ4n) is 4.12. The second kappa shape index (κ2) is 9.90. The first-order valence-corrected chi connectivity index (χ1v) is 9.82. The third kappa shape index (κ3) is 5.67. The topological polar surface area (TPSA) is 56.7 Å². The molecule has 1 aliphatic heterocycles. The smallest absolute Gasteiger partial charge is 0.220 e. The number of aliphatic imine (C=N–C) groups is 1. The molecule has 1 heterocycles. The average molecular weight is 337 g/mol. The molecule has 138 valence electrons. The van der Waals surface area contributed by atoms with Gasteiger partial charge in [0.05, 0.1) is 0 Å². The van der Waals surface area contributed by atoms with Crippen molar-refractivity contribution in [1.82, 2.24) is 15.5 Å². The zero-order chi connectivity index (χ0) is 17.4. The van der Waals surface area contributed by atoms with E-state index in [1.54, 1.807) is 7.05 Å². The van der Waals surface area contributed by atoms with Gasteiger partial charge in [-0.3, -0.25) is 9.79 Å². The molecule has 0 aromatic heterocycles. The molecule has 1 saturated carbocycles. The highest BCUT2D eigenvalue weighted by molar-refractivity contribution is 5.80. The lowest BCUT2D eigenvalue weighted by Crippen LogP contribution is -2.47. The number of rotatable bonds is 5. The van der Waals surface area contributed by atoms with Crippen molar-refractivity contribution >= 4 is 11.9 Å². The molecule has 2 fully saturated rings. The van der Waals surface area contributed by atoms with Gasteiger partial charge in [0.2, 0.25) is 5.91 Å². The van der Waals surface area contributed by atoms with E-state index in [1.165, 1.54) is 32.1 Å². The van der Waals surface area contributed by atoms with Gasteiger partial charge in [0.15, 0.2) is 5.96 Å². The first kappa shape index (κ1) is 19.1. The Hall–Kier alpha value is -1.26. The highest BCUT2D eigenvalue weighted by Gasteiger charge is 2.24. The third-order valence-electron chi connectivity index (χ3n) is 5.97. The molecule has 1 aliphatic carbocycles. The number of carbonyl (C=O) groups excluding carboxylic acids is 1. The number of piperidine rings is 1. The lowest BCUT2D eigenvalue weighted by Gasteiger charge is -2.35. The van der Waals surface area contributed by atoms with Gasteiger partial charge in [0, 0.05) is 40.2 Å². The maximum atomic E-state index is 11.5. The Morgan fingerprint density at radius 1 is 1.04 bits per heavy atom. The van der Waals surface area contributed by atoms with Crippen molar-refractivity contribution in [1.29, 1.82) is 0 Å². The molecule has 0 radical (unpaired) electrons. The van der Waals surface area contributed by atoms with Gasteiger partial charge in [-0.2, -0.15) is 0 Å². The number of amides is 1. The average Bonchev–Trinajstić information content (AvgIpc) is 2.63. The SMILES string of the molecule is CCC1CCC(CNC(=NC)N2CCC(CC(=O)NC)CC2)CC1. The number of nitrogens with one attached hydrogen (secondary N) is 2. The molecular weight excluding hydrogens is 300 g/mol. The van der Waals surface area contributed by atoms with E-state index in [4.69, 9.17) is 0 Å². The molecule has 0 bridgehead atoms. The first-order valence-electron chi connectivity index (χ1n) is 9.82. The first-order chi connectivity index (χ1) is 11.7. The van der Waals surface area contributed by atoms with Crippen molar-refractivity contribution in [3.63, 3.8) is 0 Å². The van der Waals surface area contributed by atoms with E-state index in [-0.39, 0.29) is 5.91 Å². The molecule has 0 atom stereocenters. The Bertz CT molecular complexity index is 408. The summed E-state index contributed by atoms with van der Waals surface area (Å²) in [4.78, 5) is 18.4. The molecule has 0 aromatic rings. The van der Waals surface area contributed by atoms with E-state index in [0.29, 0.717) is 12.3 Å². The van der Waals surface area contributed by atoms with E-state index < -0.39 is 0 Å². The molecule has 2 aliphatic rings. The second-order valence-corrected chi connectivity index (χ2v) is 7.53. The van der Waals surface area contributed by atoms with Crippen LogP contribution in [-0.2, 0) is 4.79 Å². The molecule has 0 spiro atoms. The Labute approximate surface area is 147 Å². The molecule has 1 amide bonds. The normalized spacial score (nSPS) is 26.3. The summed E-state index contributed by atoms with van der Waals surface area (Å²) in [6.07, 6.45) is 9.67. The van der Waals surface area contributed by atoms with Gasteiger partial charge in [-0.05, 0) is 43.4 Å². The molecule has 5 heteroatoms. The van der Waals surface area contributed by atoms with Crippen LogP contribution >= 0.6 is 0 Å². The number of carbonyl (C=O) groups is 1. The van der Waals surface area contributed by atoms with Gasteiger partial charge < -0.3 is 15.5 Å². The molecule has 1 saturated heterocycles. The summed E-state index contributed by atoms with van der Waals surface area (Å²) < 4.78 is 0. The van der Waals surface area contributed by atoms with E-state index in [9.17, 15) is 4.79 Å². The van der Waals surface area contributed by atoms with Gasteiger partial charge in [-0.15, -0.1) is 0 Å². The van der Waals surface area contributed by atoms with E-state index >= 15 is 0 Å². The molecular formula is C19H36N4O. The Kier molecular flexibility index (Phi) is 7.86. The fourth-order valence-corrected chi connectivity index (χ4v) is 4.12. The minimum atomic E-state index is 0.165. The van der Waals surface area contributed by atoms with E-state index in [0.717, 1.165) is 50.3 Å². The number of guanidine groups is 1. The molecule has 24 heavy (non-hydrogen) atoms. The van der Waals surface area contributed by atoms with Crippen molar-refractivity contribution in [2.75, 3.05) is 33.7 Å². The van der Waals surface area contributed by atoms with Crippen LogP contribution in [0.15, 0.2) is 4.99 Å². The maximum Gasteiger partial charge on any atom is 0.220 e. The number of likely N-dealkylation sites (tertiary alicyclic amines) is 1. The minimum Gasteiger partial charge on any atom is -0.359 e. The van der Waals surface area contributed by atoms with Crippen LogP contribution in [0.2, 0.25) is 0 Å². The van der Waals surface area contributed by atoms with E-state index in [1.807, 2.05) is 7.05 Å². The van der Waals surface area contributed by atoms with Gasteiger partial charge >= 0.3 is 0 Å². The quantitative estimate of drug-likeness (QED) is 0.599. The van der Waals surface area contributed by atoms with Crippen molar-refractivity contribution in [2.24, 2.45) is 22.7 Å². The summed E-state index contributed by atoms with van der Waals surface area (Å²) in [6.45, 7) is 5.38. The molecule has 2 rings (SSSR count). The van der Waals surface area contributed by atoms with Crippen LogP contribution in [0.25, 0.3) is 0 Å². The summed E-state index contributed by atoms with van der Waals surface area (Å²) in [5.74, 6) is 3.49. The summed E-state index contributed by atoms with van der Waals surface area (Å²) in [6, 6.07) is 0. The van der Waals surface area contributed by atoms with E-state index in [2.05, 4.69) is 27.4 Å². The monoisotopic (exact) mass is 336 g/mol. The zero-order valence-electron chi connectivity index (χ0n) is 15.8. The zero-order valence-corrected chi connectivity index (χ0v) is 15.8. The van der Waals surface area contributed by atoms with Crippen LogP contribution in [0.5, 0.6) is 0 Å². The number of hydrogen-bond donors (Lipinski definition) is 2. The van der Waals surface area contributed by atoms with Crippen LogP contribution in [0.1, 0.15) is 58.3 Å². The van der Waals surface area contributed by atoms with Gasteiger partial charge in [0.25, 0.3) is 0 Å². The molecule has 0 aromatic carbocycles. The molecule has 5 nitrogen and oxygen atoms in total. The Morgan fingerprint density at radius 2 is 1.67 bits per heavy atom. The van der Waals surface area contributed by atoms with Gasteiger partial charge in [0.1, 0.15) is 0 Å². The van der Waals surface area contributed by atoms with Crippen LogP contribution in [0.3, 0.4) is 0 Å². The minimum absolute atomic E-state index is 0.165. The second-order valence-electron chi connectivity index (χ2n) is 7.53. The van der Waals surface area contributed by atoms with Gasteiger partial charge in [-0.25, -0.2) is 0 Å². The maximum absolute atomic E-state index is 11.5. The number of hydrogen-bond acceptors (Lipinski definition) is 2. The van der Waals surface area contributed by atoms with Crippen LogP contribution < -0.4 is 10.6 Å². The van der Waals surface area contributed by atoms with Crippen molar-refractivity contribution in [3.8, 4) is 0 Å². The lowest BCUT2D eigenvalue weighted by molar-refractivity contribution is -0.121. The highest BCUT2D eigenvalue weighted by atomic mass is 16.1. The summed E-state index contributed by atoms with van der Waals surface area (Å²) in [5.41, 5.74) is 0. The summed E-state index contributed by atoms with van der Waals surface area (Å²) in [5, 5.41) is 6.34. The summed E-state index contributed by atoms with van der Waals surface area (Å²) >= 11 is 0. The Balaban J connectivity index is 1.70. The largest absolute Gasteiger partial charge is 0.359 e. The van der Waals surface area contributed by atoms with Crippen LogP contribution in [0, 0.1) is 17.8 Å². The lowest BCUT2D eigenvalue weighted by atomic mass is 9.81. The Morgan fingerprint density at radius 3 is 2.21 bits per heavy atom. The van der Waals surface area contributed by atoms with Gasteiger partial charge in [-0.1, -0.05) is 26.2 Å². The highest BCUT2D eigenvalue weighted by Crippen LogP contribution is 2.30.